The van der Waals surface area contributed by atoms with E-state index in [0.717, 1.165) is 24.0 Å². The van der Waals surface area contributed by atoms with Gasteiger partial charge in [0.25, 0.3) is 0 Å². The summed E-state index contributed by atoms with van der Waals surface area (Å²) in [5, 5.41) is 0. The van der Waals surface area contributed by atoms with Gasteiger partial charge in [-0.2, -0.15) is 0 Å². The van der Waals surface area contributed by atoms with Gasteiger partial charge in [-0.25, -0.2) is 4.57 Å². The smallest absolute Gasteiger partial charge is 0.404 e. The van der Waals surface area contributed by atoms with Crippen LogP contribution in [0.5, 0.6) is 5.75 Å². The van der Waals surface area contributed by atoms with Crippen LogP contribution in [0.15, 0.2) is 12.1 Å². The summed E-state index contributed by atoms with van der Waals surface area (Å²) >= 11 is 0. The van der Waals surface area contributed by atoms with Gasteiger partial charge in [0, 0.05) is 0 Å². The molecule has 0 radical (unpaired) electrons. The molecule has 0 bridgehead atoms. The van der Waals surface area contributed by atoms with Crippen molar-refractivity contribution >= 4 is 7.82 Å². The van der Waals surface area contributed by atoms with Gasteiger partial charge < -0.3 is 4.52 Å². The molecular formula is C16H27O4P. The molecule has 0 heterocycles. The standard InChI is InChI=1S/C16H27O4P/c1-4-5-6-7-8-9-10-15-11-12-16(14(3)13(15)2)20-21(17,18)19/h11-12H,4-10H2,1-3H3,(H2,17,18,19). The van der Waals surface area contributed by atoms with Crippen LogP contribution >= 0.6 is 7.82 Å². The summed E-state index contributed by atoms with van der Waals surface area (Å²) in [6, 6.07) is 3.58. The molecule has 0 amide bonds. The van der Waals surface area contributed by atoms with E-state index in [0.29, 0.717) is 0 Å². The molecule has 0 aliphatic heterocycles. The molecule has 0 atom stereocenters. The Morgan fingerprint density at radius 3 is 2.24 bits per heavy atom. The Balaban J connectivity index is 2.57. The van der Waals surface area contributed by atoms with Gasteiger partial charge in [0.15, 0.2) is 0 Å². The molecule has 0 aliphatic carbocycles. The van der Waals surface area contributed by atoms with E-state index < -0.39 is 7.82 Å². The highest BCUT2D eigenvalue weighted by Gasteiger charge is 2.18. The van der Waals surface area contributed by atoms with Crippen LogP contribution in [0.3, 0.4) is 0 Å². The summed E-state index contributed by atoms with van der Waals surface area (Å²) in [5.74, 6) is 0.271. The van der Waals surface area contributed by atoms with Crippen LogP contribution in [0.1, 0.15) is 62.1 Å². The molecule has 1 aromatic carbocycles. The Bertz CT molecular complexity index is 493. The Kier molecular flexibility index (Phi) is 7.44. The molecule has 21 heavy (non-hydrogen) atoms. The van der Waals surface area contributed by atoms with Crippen molar-refractivity contribution in [1.29, 1.82) is 0 Å². The van der Waals surface area contributed by atoms with E-state index in [4.69, 9.17) is 14.3 Å². The number of rotatable bonds is 9. The van der Waals surface area contributed by atoms with Gasteiger partial charge in [-0.1, -0.05) is 45.1 Å². The summed E-state index contributed by atoms with van der Waals surface area (Å²) in [5.41, 5.74) is 3.11. The summed E-state index contributed by atoms with van der Waals surface area (Å²) in [7, 11) is -4.49. The summed E-state index contributed by atoms with van der Waals surface area (Å²) in [6.45, 7) is 6.03. The molecule has 0 fully saturated rings. The number of benzene rings is 1. The van der Waals surface area contributed by atoms with E-state index in [2.05, 4.69) is 6.92 Å². The van der Waals surface area contributed by atoms with Crippen LogP contribution in [0.2, 0.25) is 0 Å². The molecule has 120 valence electrons. The summed E-state index contributed by atoms with van der Waals surface area (Å²) < 4.78 is 15.6. The topological polar surface area (TPSA) is 66.8 Å². The van der Waals surface area contributed by atoms with E-state index in [1.165, 1.54) is 37.7 Å². The van der Waals surface area contributed by atoms with Crippen molar-refractivity contribution in [3.05, 3.63) is 28.8 Å². The molecule has 0 saturated carbocycles. The van der Waals surface area contributed by atoms with Gasteiger partial charge in [0.05, 0.1) is 0 Å². The van der Waals surface area contributed by atoms with Crippen molar-refractivity contribution in [3.63, 3.8) is 0 Å². The molecule has 2 N–H and O–H groups in total. The third-order valence-electron chi connectivity index (χ3n) is 3.87. The minimum atomic E-state index is -4.49. The third-order valence-corrected chi connectivity index (χ3v) is 4.30. The maximum absolute atomic E-state index is 10.9. The van der Waals surface area contributed by atoms with Crippen molar-refractivity contribution in [1.82, 2.24) is 0 Å². The molecule has 4 nitrogen and oxygen atoms in total. The van der Waals surface area contributed by atoms with E-state index in [1.807, 2.05) is 19.9 Å². The highest BCUT2D eigenvalue weighted by molar-refractivity contribution is 7.46. The van der Waals surface area contributed by atoms with Crippen LogP contribution in [-0.4, -0.2) is 9.79 Å². The Morgan fingerprint density at radius 1 is 1.00 bits per heavy atom. The zero-order valence-corrected chi connectivity index (χ0v) is 14.2. The Labute approximate surface area is 127 Å². The van der Waals surface area contributed by atoms with E-state index in [-0.39, 0.29) is 5.75 Å². The lowest BCUT2D eigenvalue weighted by Gasteiger charge is -2.14. The molecule has 0 aromatic heterocycles. The molecule has 0 saturated heterocycles. The lowest BCUT2D eigenvalue weighted by Crippen LogP contribution is -1.98. The summed E-state index contributed by atoms with van der Waals surface area (Å²) in [6.07, 6.45) is 8.57. The second-order valence-electron chi connectivity index (χ2n) is 5.57. The lowest BCUT2D eigenvalue weighted by atomic mass is 9.97. The third kappa shape index (κ3) is 6.64. The van der Waals surface area contributed by atoms with Gasteiger partial charge in [-0.05, 0) is 49.4 Å². The minimum Gasteiger partial charge on any atom is -0.404 e. The average molecular weight is 314 g/mol. The predicted octanol–water partition coefficient (Wildman–Crippen LogP) is 4.68. The number of hydrogen-bond acceptors (Lipinski definition) is 2. The number of aryl methyl sites for hydroxylation is 1. The highest BCUT2D eigenvalue weighted by atomic mass is 31.2. The van der Waals surface area contributed by atoms with Crippen molar-refractivity contribution in [3.8, 4) is 5.75 Å². The first-order valence-electron chi connectivity index (χ1n) is 7.69. The number of hydrogen-bond donors (Lipinski definition) is 2. The fourth-order valence-corrected chi connectivity index (χ4v) is 2.90. The second kappa shape index (κ2) is 8.57. The first kappa shape index (κ1) is 18.2. The molecule has 0 unspecified atom stereocenters. The maximum atomic E-state index is 10.9. The normalized spacial score (nSPS) is 11.7. The fourth-order valence-electron chi connectivity index (χ4n) is 2.45. The fraction of sp³-hybridized carbons (Fsp3) is 0.625. The largest absolute Gasteiger partial charge is 0.524 e. The van der Waals surface area contributed by atoms with Crippen LogP contribution in [0.25, 0.3) is 0 Å². The second-order valence-corrected chi connectivity index (χ2v) is 6.74. The number of phosphoric acid groups is 1. The zero-order valence-electron chi connectivity index (χ0n) is 13.3. The van der Waals surface area contributed by atoms with Gasteiger partial charge >= 0.3 is 7.82 Å². The average Bonchev–Trinajstić information content (AvgIpc) is 2.40. The monoisotopic (exact) mass is 314 g/mol. The zero-order chi connectivity index (χ0) is 15.9. The van der Waals surface area contributed by atoms with Gasteiger partial charge in [-0.15, -0.1) is 0 Å². The Morgan fingerprint density at radius 2 is 1.62 bits per heavy atom. The molecule has 0 spiro atoms. The molecule has 1 aromatic rings. The molecule has 0 aliphatic rings. The van der Waals surface area contributed by atoms with E-state index in [9.17, 15) is 4.57 Å². The van der Waals surface area contributed by atoms with Crippen LogP contribution in [-0.2, 0) is 11.0 Å². The van der Waals surface area contributed by atoms with Crippen molar-refractivity contribution in [2.75, 3.05) is 0 Å². The minimum absolute atomic E-state index is 0.271. The van der Waals surface area contributed by atoms with E-state index >= 15 is 0 Å². The number of unbranched alkanes of at least 4 members (excludes halogenated alkanes) is 5. The predicted molar refractivity (Wildman–Crippen MR) is 85.7 cm³/mol. The first-order chi connectivity index (χ1) is 9.85. The Hall–Kier alpha value is -0.830. The molecular weight excluding hydrogens is 287 g/mol. The van der Waals surface area contributed by atoms with Gasteiger partial charge in [0.1, 0.15) is 5.75 Å². The van der Waals surface area contributed by atoms with Gasteiger partial charge in [0.2, 0.25) is 0 Å². The summed E-state index contributed by atoms with van der Waals surface area (Å²) in [4.78, 5) is 17.8. The highest BCUT2D eigenvalue weighted by Crippen LogP contribution is 2.40. The van der Waals surface area contributed by atoms with Gasteiger partial charge in [-0.3, -0.25) is 9.79 Å². The molecule has 5 heteroatoms. The van der Waals surface area contributed by atoms with Crippen molar-refractivity contribution < 1.29 is 18.9 Å². The van der Waals surface area contributed by atoms with Crippen molar-refractivity contribution in [2.24, 2.45) is 0 Å². The molecule has 1 rings (SSSR count). The van der Waals surface area contributed by atoms with Crippen LogP contribution < -0.4 is 4.52 Å². The quantitative estimate of drug-likeness (QED) is 0.513. The number of phosphoric ester groups is 1. The van der Waals surface area contributed by atoms with E-state index in [1.54, 1.807) is 6.07 Å². The van der Waals surface area contributed by atoms with Crippen LogP contribution in [0.4, 0.5) is 0 Å². The van der Waals surface area contributed by atoms with Crippen LogP contribution in [0, 0.1) is 13.8 Å². The maximum Gasteiger partial charge on any atom is 0.524 e. The first-order valence-corrected chi connectivity index (χ1v) is 9.22. The lowest BCUT2D eigenvalue weighted by molar-refractivity contribution is 0.282. The SMILES string of the molecule is CCCCCCCCc1ccc(OP(=O)(O)O)c(C)c1C. The van der Waals surface area contributed by atoms with Crippen molar-refractivity contribution in [2.45, 2.75) is 65.7 Å².